The number of pyridine rings is 1. The number of halogens is 2. The Bertz CT molecular complexity index is 1060. The van der Waals surface area contributed by atoms with Gasteiger partial charge in [0, 0.05) is 16.1 Å². The lowest BCUT2D eigenvalue weighted by atomic mass is 9.98. The van der Waals surface area contributed by atoms with Crippen molar-refractivity contribution in [3.05, 3.63) is 58.1 Å². The first-order valence-corrected chi connectivity index (χ1v) is 8.62. The van der Waals surface area contributed by atoms with E-state index in [9.17, 15) is 5.26 Å². The quantitative estimate of drug-likeness (QED) is 0.652. The van der Waals surface area contributed by atoms with Gasteiger partial charge in [0.1, 0.15) is 17.5 Å². The molecule has 0 spiro atoms. The molecule has 0 atom stereocenters. The lowest BCUT2D eigenvalue weighted by Gasteiger charge is -2.13. The predicted molar refractivity (Wildman–Crippen MR) is 107 cm³/mol. The number of methoxy groups -OCH3 is 2. The first-order chi connectivity index (χ1) is 13.0. The van der Waals surface area contributed by atoms with Gasteiger partial charge in [-0.15, -0.1) is 0 Å². The summed E-state index contributed by atoms with van der Waals surface area (Å²) in [4.78, 5) is 4.33. The lowest BCUT2D eigenvalue weighted by Crippen LogP contribution is -2.00. The van der Waals surface area contributed by atoms with E-state index in [-0.39, 0.29) is 11.4 Å². The second-order valence-corrected chi connectivity index (χ2v) is 6.46. The van der Waals surface area contributed by atoms with E-state index < -0.39 is 0 Å². The van der Waals surface area contributed by atoms with Crippen molar-refractivity contribution in [2.24, 2.45) is 0 Å². The van der Waals surface area contributed by atoms with Gasteiger partial charge >= 0.3 is 0 Å². The van der Waals surface area contributed by atoms with Crippen LogP contribution in [-0.4, -0.2) is 19.2 Å². The summed E-state index contributed by atoms with van der Waals surface area (Å²) in [5.41, 5.74) is 8.81. The van der Waals surface area contributed by atoms with Gasteiger partial charge < -0.3 is 15.2 Å². The summed E-state index contributed by atoms with van der Waals surface area (Å²) in [7, 11) is 3.10. The SMILES string of the molecule is COc1ccc(-c2cc(-c3cc(Cl)ccc3Cl)nc(N)c2C#N)cc1OC. The Morgan fingerprint density at radius 2 is 1.70 bits per heavy atom. The van der Waals surface area contributed by atoms with Crippen molar-refractivity contribution < 1.29 is 9.47 Å². The highest BCUT2D eigenvalue weighted by molar-refractivity contribution is 6.35. The molecule has 7 heteroatoms. The molecular weight excluding hydrogens is 385 g/mol. The molecule has 0 aliphatic rings. The molecule has 3 aromatic rings. The monoisotopic (exact) mass is 399 g/mol. The summed E-state index contributed by atoms with van der Waals surface area (Å²) in [6.07, 6.45) is 0. The molecular formula is C20H15Cl2N3O2. The van der Waals surface area contributed by atoms with Gasteiger partial charge in [-0.3, -0.25) is 0 Å². The zero-order valence-electron chi connectivity index (χ0n) is 14.6. The molecule has 0 saturated carbocycles. The molecule has 2 aromatic carbocycles. The summed E-state index contributed by atoms with van der Waals surface area (Å²) in [5, 5.41) is 10.6. The number of aromatic nitrogens is 1. The van der Waals surface area contributed by atoms with Gasteiger partial charge in [0.05, 0.1) is 24.9 Å². The Kier molecular flexibility index (Phi) is 5.41. The van der Waals surface area contributed by atoms with Crippen molar-refractivity contribution in [1.29, 1.82) is 5.26 Å². The molecule has 1 heterocycles. The van der Waals surface area contributed by atoms with Crippen molar-refractivity contribution in [1.82, 2.24) is 4.98 Å². The fourth-order valence-corrected chi connectivity index (χ4v) is 3.13. The standard InChI is InChI=1S/C20H15Cl2N3O2/c1-26-18-6-3-11(7-19(18)27-2)13-9-17(25-20(24)15(13)10-23)14-8-12(21)4-5-16(14)22/h3-9H,1-2H3,(H2,24,25). The molecule has 2 N–H and O–H groups in total. The maximum atomic E-state index is 9.57. The maximum Gasteiger partial charge on any atom is 0.161 e. The highest BCUT2D eigenvalue weighted by Gasteiger charge is 2.17. The topological polar surface area (TPSA) is 81.2 Å². The Morgan fingerprint density at radius 1 is 0.963 bits per heavy atom. The number of hydrogen-bond donors (Lipinski definition) is 1. The van der Waals surface area contributed by atoms with Crippen LogP contribution in [0.4, 0.5) is 5.82 Å². The zero-order valence-corrected chi connectivity index (χ0v) is 16.1. The van der Waals surface area contributed by atoms with E-state index in [0.717, 1.165) is 5.56 Å². The van der Waals surface area contributed by atoms with Crippen LogP contribution in [0.5, 0.6) is 11.5 Å². The molecule has 136 valence electrons. The van der Waals surface area contributed by atoms with Crippen molar-refractivity contribution in [3.8, 4) is 40.0 Å². The highest BCUT2D eigenvalue weighted by Crippen LogP contribution is 2.38. The minimum Gasteiger partial charge on any atom is -0.493 e. The van der Waals surface area contributed by atoms with Gasteiger partial charge in [-0.2, -0.15) is 5.26 Å². The van der Waals surface area contributed by atoms with Crippen molar-refractivity contribution in [2.45, 2.75) is 0 Å². The molecule has 0 fully saturated rings. The number of anilines is 1. The number of nitriles is 1. The van der Waals surface area contributed by atoms with Crippen LogP contribution < -0.4 is 15.2 Å². The summed E-state index contributed by atoms with van der Waals surface area (Å²) in [6.45, 7) is 0. The van der Waals surface area contributed by atoms with E-state index >= 15 is 0 Å². The molecule has 1 aromatic heterocycles. The van der Waals surface area contributed by atoms with Crippen LogP contribution in [0.1, 0.15) is 5.56 Å². The van der Waals surface area contributed by atoms with E-state index in [4.69, 9.17) is 38.4 Å². The van der Waals surface area contributed by atoms with E-state index in [1.165, 1.54) is 0 Å². The van der Waals surface area contributed by atoms with E-state index in [0.29, 0.717) is 38.4 Å². The largest absolute Gasteiger partial charge is 0.493 e. The number of nitrogens with zero attached hydrogens (tertiary/aromatic N) is 2. The zero-order chi connectivity index (χ0) is 19.6. The average Bonchev–Trinajstić information content (AvgIpc) is 2.68. The van der Waals surface area contributed by atoms with Gasteiger partial charge in [0.2, 0.25) is 0 Å². The maximum absolute atomic E-state index is 9.57. The Morgan fingerprint density at radius 3 is 2.37 bits per heavy atom. The van der Waals surface area contributed by atoms with Gasteiger partial charge in [-0.1, -0.05) is 29.3 Å². The van der Waals surface area contributed by atoms with Gasteiger partial charge in [-0.05, 0) is 42.0 Å². The normalized spacial score (nSPS) is 10.3. The second kappa shape index (κ2) is 7.75. The first kappa shape index (κ1) is 18.8. The fraction of sp³-hybridized carbons (Fsp3) is 0.100. The number of nitrogen functional groups attached to an aromatic ring is 1. The molecule has 0 aliphatic carbocycles. The Labute approximate surface area is 166 Å². The molecule has 5 nitrogen and oxygen atoms in total. The Balaban J connectivity index is 2.25. The summed E-state index contributed by atoms with van der Waals surface area (Å²) < 4.78 is 10.6. The minimum absolute atomic E-state index is 0.107. The third kappa shape index (κ3) is 3.63. The molecule has 0 unspecified atom stereocenters. The summed E-state index contributed by atoms with van der Waals surface area (Å²) >= 11 is 12.4. The van der Waals surface area contributed by atoms with Crippen LogP contribution in [0.2, 0.25) is 10.0 Å². The summed E-state index contributed by atoms with van der Waals surface area (Å²) in [5.74, 6) is 1.23. The molecule has 3 rings (SSSR count). The van der Waals surface area contributed by atoms with Crippen LogP contribution >= 0.6 is 23.2 Å². The second-order valence-electron chi connectivity index (χ2n) is 5.62. The minimum atomic E-state index is 0.107. The number of benzene rings is 2. The number of nitrogens with two attached hydrogens (primary N) is 1. The highest BCUT2D eigenvalue weighted by atomic mass is 35.5. The molecule has 0 bridgehead atoms. The molecule has 0 aliphatic heterocycles. The molecule has 0 saturated heterocycles. The van der Waals surface area contributed by atoms with E-state index in [2.05, 4.69) is 11.1 Å². The number of hydrogen-bond acceptors (Lipinski definition) is 5. The van der Waals surface area contributed by atoms with Gasteiger partial charge in [-0.25, -0.2) is 4.98 Å². The van der Waals surface area contributed by atoms with Crippen molar-refractivity contribution in [2.75, 3.05) is 20.0 Å². The first-order valence-electron chi connectivity index (χ1n) is 7.87. The van der Waals surface area contributed by atoms with Crippen molar-refractivity contribution >= 4 is 29.0 Å². The molecule has 0 amide bonds. The smallest absolute Gasteiger partial charge is 0.161 e. The van der Waals surface area contributed by atoms with Gasteiger partial charge in [0.15, 0.2) is 11.5 Å². The Hall–Kier alpha value is -2.94. The van der Waals surface area contributed by atoms with E-state index in [1.54, 1.807) is 50.6 Å². The predicted octanol–water partition coefficient (Wildman–Crippen LogP) is 5.19. The average molecular weight is 400 g/mol. The third-order valence-corrected chi connectivity index (χ3v) is 4.62. The fourth-order valence-electron chi connectivity index (χ4n) is 2.75. The summed E-state index contributed by atoms with van der Waals surface area (Å²) in [6, 6.07) is 14.3. The molecule has 27 heavy (non-hydrogen) atoms. The third-order valence-electron chi connectivity index (χ3n) is 4.06. The van der Waals surface area contributed by atoms with Crippen LogP contribution in [0.3, 0.4) is 0 Å². The van der Waals surface area contributed by atoms with Crippen LogP contribution in [0.15, 0.2) is 42.5 Å². The number of ether oxygens (including phenoxy) is 2. The number of rotatable bonds is 4. The van der Waals surface area contributed by atoms with Gasteiger partial charge in [0.25, 0.3) is 0 Å². The van der Waals surface area contributed by atoms with Crippen molar-refractivity contribution in [3.63, 3.8) is 0 Å². The van der Waals surface area contributed by atoms with Crippen LogP contribution in [0, 0.1) is 11.3 Å². The lowest BCUT2D eigenvalue weighted by molar-refractivity contribution is 0.355. The van der Waals surface area contributed by atoms with E-state index in [1.807, 2.05) is 6.07 Å². The van der Waals surface area contributed by atoms with Crippen LogP contribution in [-0.2, 0) is 0 Å². The molecule has 0 radical (unpaired) electrons. The van der Waals surface area contributed by atoms with Crippen LogP contribution in [0.25, 0.3) is 22.4 Å².